The summed E-state index contributed by atoms with van der Waals surface area (Å²) in [6.45, 7) is 8.37. The predicted molar refractivity (Wildman–Crippen MR) is 259 cm³/mol. The molecule has 0 N–H and O–H groups in total. The fourth-order valence-corrected chi connectivity index (χ4v) is 11.2. The number of nitrogens with zero attached hydrogens (tertiary/aromatic N) is 4. The molecule has 4 saturated heterocycles. The van der Waals surface area contributed by atoms with Gasteiger partial charge in [0.05, 0.1) is 25.7 Å². The zero-order valence-corrected chi connectivity index (χ0v) is 37.8. The van der Waals surface area contributed by atoms with Gasteiger partial charge >= 0.3 is 5.97 Å². The molecule has 62 heavy (non-hydrogen) atoms. The number of carbonyl (C=O) groups excluding carboxylic acids is 1. The Morgan fingerprint density at radius 1 is 0.419 bits per heavy atom. The number of hydrogen-bond acceptors (Lipinski definition) is 6. The van der Waals surface area contributed by atoms with Crippen molar-refractivity contribution in [1.29, 1.82) is 0 Å². The number of halogens is 4. The first-order chi connectivity index (χ1) is 30.3. The van der Waals surface area contributed by atoms with Crippen LogP contribution >= 0.6 is 46.4 Å². The number of rotatable bonds is 10. The average Bonchev–Trinajstić information content (AvgIpc) is 4.17. The Labute approximate surface area is 385 Å². The van der Waals surface area contributed by atoms with Crippen LogP contribution in [0.5, 0.6) is 0 Å². The van der Waals surface area contributed by atoms with Gasteiger partial charge in [-0.2, -0.15) is 0 Å². The van der Waals surface area contributed by atoms with Crippen LogP contribution in [0.15, 0.2) is 109 Å². The van der Waals surface area contributed by atoms with Gasteiger partial charge in [-0.15, -0.1) is 0 Å². The molecule has 10 heteroatoms. The Kier molecular flexibility index (Phi) is 11.7. The van der Waals surface area contributed by atoms with E-state index < -0.39 is 11.6 Å². The summed E-state index contributed by atoms with van der Waals surface area (Å²) < 4.78 is 6.75. The van der Waals surface area contributed by atoms with Gasteiger partial charge in [-0.05, 0) is 145 Å². The Morgan fingerprint density at radius 3 is 0.984 bits per heavy atom. The monoisotopic (exact) mass is 902 g/mol. The number of esters is 1. The maximum Gasteiger partial charge on any atom is 0.341 e. The van der Waals surface area contributed by atoms with Crippen LogP contribution in [0.1, 0.15) is 89.5 Å². The Balaban J connectivity index is 1.20. The molecule has 0 unspecified atom stereocenters. The first-order valence-corrected chi connectivity index (χ1v) is 23.7. The lowest BCUT2D eigenvalue weighted by atomic mass is 9.83. The molecule has 318 valence electrons. The van der Waals surface area contributed by atoms with Gasteiger partial charge in [-0.1, -0.05) is 94.9 Å². The third kappa shape index (κ3) is 7.87. The number of benzene rings is 5. The number of ether oxygens (including phenoxy) is 1. The smallest absolute Gasteiger partial charge is 0.341 e. The van der Waals surface area contributed by atoms with Gasteiger partial charge in [0.15, 0.2) is 5.60 Å². The number of cyclic esters (lactones) is 1. The van der Waals surface area contributed by atoms with Crippen molar-refractivity contribution >= 4 is 86.3 Å². The Hall–Kier alpha value is -4.59. The molecule has 0 aliphatic carbocycles. The summed E-state index contributed by atoms with van der Waals surface area (Å²) in [7, 11) is 0. The molecule has 4 fully saturated rings. The third-order valence-corrected chi connectivity index (χ3v) is 15.2. The fourth-order valence-electron chi connectivity index (χ4n) is 10.1. The minimum Gasteiger partial charge on any atom is -0.442 e. The molecule has 0 atom stereocenters. The molecular weight excluding hydrogens is 854 g/mol. The highest BCUT2D eigenvalue weighted by molar-refractivity contribution is 6.53. The second-order valence-electron chi connectivity index (χ2n) is 17.3. The van der Waals surface area contributed by atoms with Gasteiger partial charge in [0.1, 0.15) is 0 Å². The van der Waals surface area contributed by atoms with E-state index in [1.54, 1.807) is 0 Å². The molecule has 5 aromatic carbocycles. The zero-order chi connectivity index (χ0) is 42.4. The zero-order valence-electron chi connectivity index (χ0n) is 34.8. The molecule has 5 heterocycles. The molecule has 0 aromatic heterocycles. The lowest BCUT2D eigenvalue weighted by molar-refractivity contribution is 0.0300. The minimum absolute atomic E-state index is 0.0164. The molecule has 0 bridgehead atoms. The quantitative estimate of drug-likeness (QED) is 0.0790. The summed E-state index contributed by atoms with van der Waals surface area (Å²) in [5, 5.41) is 0.223. The van der Waals surface area contributed by atoms with Gasteiger partial charge in [0.25, 0.3) is 0 Å². The van der Waals surface area contributed by atoms with Crippen molar-refractivity contribution < 1.29 is 9.53 Å². The highest BCUT2D eigenvalue weighted by Gasteiger charge is 2.48. The molecule has 0 radical (unpaired) electrons. The summed E-state index contributed by atoms with van der Waals surface area (Å²) in [4.78, 5) is 24.2. The van der Waals surface area contributed by atoms with Crippen LogP contribution in [-0.4, -0.2) is 58.3 Å². The number of hydrogen-bond donors (Lipinski definition) is 0. The summed E-state index contributed by atoms with van der Waals surface area (Å²) in [5.41, 5.74) is 9.26. The van der Waals surface area contributed by atoms with Crippen molar-refractivity contribution in [2.45, 2.75) is 57.0 Å². The van der Waals surface area contributed by atoms with E-state index >= 15 is 0 Å². The van der Waals surface area contributed by atoms with Gasteiger partial charge in [-0.3, -0.25) is 0 Å². The second-order valence-corrected chi connectivity index (χ2v) is 18.8. The van der Waals surface area contributed by atoms with Crippen LogP contribution in [0.4, 0.5) is 22.7 Å². The molecule has 5 aromatic rings. The van der Waals surface area contributed by atoms with E-state index in [2.05, 4.69) is 117 Å². The first-order valence-electron chi connectivity index (χ1n) is 22.2. The maximum atomic E-state index is 14.4. The minimum atomic E-state index is -1.57. The fraction of sp³-hybridized carbons (Fsp3) is 0.327. The average molecular weight is 905 g/mol. The van der Waals surface area contributed by atoms with Crippen LogP contribution < -0.4 is 19.6 Å². The van der Waals surface area contributed by atoms with Crippen LogP contribution in [0.25, 0.3) is 11.1 Å². The lowest BCUT2D eigenvalue weighted by Crippen LogP contribution is -2.23. The highest BCUT2D eigenvalue weighted by atomic mass is 35.5. The first kappa shape index (κ1) is 41.4. The molecule has 5 aliphatic rings. The molecule has 10 rings (SSSR count). The molecule has 6 nitrogen and oxygen atoms in total. The van der Waals surface area contributed by atoms with Crippen LogP contribution in [0.3, 0.4) is 0 Å². The summed E-state index contributed by atoms with van der Waals surface area (Å²) in [5.74, 6) is -0.626. The summed E-state index contributed by atoms with van der Waals surface area (Å²) in [6.07, 6.45) is 13.6. The number of fused-ring (bicyclic) bond motifs is 1. The highest BCUT2D eigenvalue weighted by Crippen LogP contribution is 2.54. The van der Waals surface area contributed by atoms with Crippen molar-refractivity contribution in [3.8, 4) is 0 Å². The van der Waals surface area contributed by atoms with Crippen molar-refractivity contribution in [2.75, 3.05) is 72.0 Å². The van der Waals surface area contributed by atoms with Gasteiger partial charge in [0.2, 0.25) is 0 Å². The molecule has 0 spiro atoms. The van der Waals surface area contributed by atoms with Crippen LogP contribution in [-0.2, 0) is 10.3 Å². The van der Waals surface area contributed by atoms with Crippen molar-refractivity contribution in [3.63, 3.8) is 0 Å². The van der Waals surface area contributed by atoms with Crippen molar-refractivity contribution in [2.24, 2.45) is 0 Å². The van der Waals surface area contributed by atoms with Crippen molar-refractivity contribution in [3.05, 3.63) is 163 Å². The maximum absolute atomic E-state index is 14.4. The SMILES string of the molecule is O=C1OC(C=C(c2ccc(N3CCCC3)cc2)c2ccc(N3CCCC3)cc2)(C=C(c2ccc(N3CCCC3)cc2)c2ccc(N3CCCC3)cc2)c2c(Cl)c(Cl)c(Cl)c(Cl)c21. The van der Waals surface area contributed by atoms with E-state index in [0.29, 0.717) is 5.56 Å². The third-order valence-electron chi connectivity index (χ3n) is 13.4. The summed E-state index contributed by atoms with van der Waals surface area (Å²) in [6, 6.07) is 34.9. The standard InChI is InChI=1S/C52H50Cl4N4O2/c53-47-45-46(48(54)50(56)49(47)55)52(62-51(45)61,33-43(35-9-17-39(18-10-35)57-25-1-2-26-57)36-11-19-40(20-12-36)58-27-3-4-28-58)34-44(37-13-21-41(22-14-37)59-29-5-6-30-59)38-15-23-42(24-16-38)60-31-7-8-32-60/h9-24,33-34H,1-8,25-32H2. The van der Waals surface area contributed by atoms with E-state index in [4.69, 9.17) is 51.1 Å². The van der Waals surface area contributed by atoms with Crippen molar-refractivity contribution in [1.82, 2.24) is 0 Å². The van der Waals surface area contributed by atoms with E-state index in [-0.39, 0.29) is 25.7 Å². The number of carbonyl (C=O) groups is 1. The van der Waals surface area contributed by atoms with Crippen LogP contribution in [0.2, 0.25) is 20.1 Å². The Bertz CT molecular complexity index is 2260. The summed E-state index contributed by atoms with van der Waals surface area (Å²) >= 11 is 27.9. The van der Waals surface area contributed by atoms with E-state index in [0.717, 1.165) is 85.8 Å². The van der Waals surface area contributed by atoms with Crippen LogP contribution in [0, 0.1) is 0 Å². The molecule has 0 amide bonds. The molecule has 0 saturated carbocycles. The van der Waals surface area contributed by atoms with E-state index in [9.17, 15) is 4.79 Å². The second kappa shape index (κ2) is 17.5. The largest absolute Gasteiger partial charge is 0.442 e. The van der Waals surface area contributed by atoms with Gasteiger partial charge < -0.3 is 24.3 Å². The lowest BCUT2D eigenvalue weighted by Gasteiger charge is -2.28. The number of anilines is 4. The van der Waals surface area contributed by atoms with Gasteiger partial charge in [-0.25, -0.2) is 4.79 Å². The molecule has 5 aliphatic heterocycles. The van der Waals surface area contributed by atoms with E-state index in [1.807, 2.05) is 12.2 Å². The topological polar surface area (TPSA) is 39.3 Å². The predicted octanol–water partition coefficient (Wildman–Crippen LogP) is 13.3. The molecular formula is C52H50Cl4N4O2. The normalized spacial score (nSPS) is 18.1. The van der Waals surface area contributed by atoms with Gasteiger partial charge in [0, 0.05) is 80.7 Å². The van der Waals surface area contributed by atoms with E-state index in [1.165, 1.54) is 74.1 Å². The Morgan fingerprint density at radius 2 is 0.694 bits per heavy atom.